The molecule has 0 aromatic rings. The number of nitrogens with two attached hydrogens (primary N) is 1. The second kappa shape index (κ2) is 1.95. The van der Waals surface area contributed by atoms with Crippen LogP contribution < -0.4 is 5.73 Å². The molecule has 0 aromatic carbocycles. The molecule has 2 rings (SSSR count). The summed E-state index contributed by atoms with van der Waals surface area (Å²) < 4.78 is 5.18. The first-order valence-electron chi connectivity index (χ1n) is 4.06. The highest BCUT2D eigenvalue weighted by Crippen LogP contribution is 2.49. The Kier molecular flexibility index (Phi) is 1.29. The molecular formula is C8H15NO. The predicted molar refractivity (Wildman–Crippen MR) is 39.7 cm³/mol. The van der Waals surface area contributed by atoms with E-state index in [4.69, 9.17) is 10.5 Å². The number of hydrogen-bond donors (Lipinski definition) is 1. The van der Waals surface area contributed by atoms with Crippen LogP contribution in [0.1, 0.15) is 25.7 Å². The van der Waals surface area contributed by atoms with Crippen LogP contribution in [0.2, 0.25) is 0 Å². The molecule has 2 aliphatic carbocycles. The maximum absolute atomic E-state index is 6.01. The van der Waals surface area contributed by atoms with Crippen molar-refractivity contribution in [2.75, 3.05) is 7.11 Å². The maximum atomic E-state index is 6.01. The fourth-order valence-electron chi connectivity index (χ4n) is 1.78. The summed E-state index contributed by atoms with van der Waals surface area (Å²) in [4.78, 5) is 0. The summed E-state index contributed by atoms with van der Waals surface area (Å²) in [6.45, 7) is 0. The van der Waals surface area contributed by atoms with Crippen LogP contribution in [0.25, 0.3) is 0 Å². The maximum Gasteiger partial charge on any atom is 0.0578 e. The number of ether oxygens (including phenoxy) is 1. The Hall–Kier alpha value is -0.0800. The summed E-state index contributed by atoms with van der Waals surface area (Å²) in [5, 5.41) is 0. The fourth-order valence-corrected chi connectivity index (χ4v) is 1.78. The zero-order valence-electron chi connectivity index (χ0n) is 6.47. The molecule has 58 valence electrons. The van der Waals surface area contributed by atoms with Crippen LogP contribution in [-0.4, -0.2) is 18.8 Å². The number of rotatable bonds is 2. The zero-order valence-corrected chi connectivity index (χ0v) is 6.47. The van der Waals surface area contributed by atoms with E-state index < -0.39 is 0 Å². The first kappa shape index (κ1) is 6.62. The molecule has 0 radical (unpaired) electrons. The quantitative estimate of drug-likeness (QED) is 0.620. The van der Waals surface area contributed by atoms with E-state index in [2.05, 4.69) is 0 Å². The van der Waals surface area contributed by atoms with E-state index in [1.54, 1.807) is 7.11 Å². The molecule has 0 amide bonds. The highest BCUT2D eigenvalue weighted by atomic mass is 16.5. The second-order valence-electron chi connectivity index (χ2n) is 3.76. The van der Waals surface area contributed by atoms with E-state index >= 15 is 0 Å². The molecule has 0 aromatic heterocycles. The third-order valence-electron chi connectivity index (χ3n) is 3.07. The fraction of sp³-hybridized carbons (Fsp3) is 1.00. The van der Waals surface area contributed by atoms with Crippen molar-refractivity contribution in [2.24, 2.45) is 11.7 Å². The van der Waals surface area contributed by atoms with E-state index in [-0.39, 0.29) is 5.54 Å². The molecule has 10 heavy (non-hydrogen) atoms. The van der Waals surface area contributed by atoms with E-state index in [1.165, 1.54) is 25.7 Å². The standard InChI is InChI=1S/C8H15NO/c1-10-7-4-6(5-7)8(9)2-3-8/h6-7H,2-5,9H2,1H3. The van der Waals surface area contributed by atoms with Gasteiger partial charge in [-0.1, -0.05) is 0 Å². The molecule has 2 N–H and O–H groups in total. The first-order valence-corrected chi connectivity index (χ1v) is 4.06. The van der Waals surface area contributed by atoms with Crippen LogP contribution in [-0.2, 0) is 4.74 Å². The van der Waals surface area contributed by atoms with Gasteiger partial charge in [0.05, 0.1) is 6.10 Å². The van der Waals surface area contributed by atoms with Crippen LogP contribution >= 0.6 is 0 Å². The SMILES string of the molecule is COC1CC(C2(N)CC2)C1. The monoisotopic (exact) mass is 141 g/mol. The van der Waals surface area contributed by atoms with Gasteiger partial charge in [-0.05, 0) is 31.6 Å². The Morgan fingerprint density at radius 1 is 1.40 bits per heavy atom. The Balaban J connectivity index is 1.80. The van der Waals surface area contributed by atoms with Gasteiger partial charge in [-0.3, -0.25) is 0 Å². The lowest BCUT2D eigenvalue weighted by atomic mass is 9.76. The van der Waals surface area contributed by atoms with E-state index in [1.807, 2.05) is 0 Å². The van der Waals surface area contributed by atoms with Crippen LogP contribution in [0, 0.1) is 5.92 Å². The summed E-state index contributed by atoms with van der Waals surface area (Å²) in [5.41, 5.74) is 6.26. The van der Waals surface area contributed by atoms with Gasteiger partial charge in [0, 0.05) is 12.6 Å². The lowest BCUT2D eigenvalue weighted by molar-refractivity contribution is -0.0112. The first-order chi connectivity index (χ1) is 4.74. The molecule has 0 saturated heterocycles. The van der Waals surface area contributed by atoms with Gasteiger partial charge >= 0.3 is 0 Å². The average molecular weight is 141 g/mol. The molecule has 0 heterocycles. The van der Waals surface area contributed by atoms with Crippen molar-refractivity contribution < 1.29 is 4.74 Å². The van der Waals surface area contributed by atoms with Crippen molar-refractivity contribution in [1.82, 2.24) is 0 Å². The zero-order chi connectivity index (χ0) is 7.19. The van der Waals surface area contributed by atoms with Crippen molar-refractivity contribution in [1.29, 1.82) is 0 Å². The number of hydrogen-bond acceptors (Lipinski definition) is 2. The molecule has 2 fully saturated rings. The molecular weight excluding hydrogens is 126 g/mol. The average Bonchev–Trinajstić information content (AvgIpc) is 2.46. The largest absolute Gasteiger partial charge is 0.381 e. The van der Waals surface area contributed by atoms with Crippen LogP contribution in [0.3, 0.4) is 0 Å². The predicted octanol–water partition coefficient (Wildman–Crippen LogP) is 0.903. The lowest BCUT2D eigenvalue weighted by Gasteiger charge is -2.38. The summed E-state index contributed by atoms with van der Waals surface area (Å²) in [6.07, 6.45) is 5.41. The topological polar surface area (TPSA) is 35.2 Å². The molecule has 0 spiro atoms. The van der Waals surface area contributed by atoms with Crippen molar-refractivity contribution >= 4 is 0 Å². The smallest absolute Gasteiger partial charge is 0.0578 e. The molecule has 2 aliphatic rings. The molecule has 2 heteroatoms. The Bertz CT molecular complexity index is 136. The van der Waals surface area contributed by atoms with E-state index in [0.29, 0.717) is 6.10 Å². The number of methoxy groups -OCH3 is 1. The summed E-state index contributed by atoms with van der Waals surface area (Å²) >= 11 is 0. The summed E-state index contributed by atoms with van der Waals surface area (Å²) in [6, 6.07) is 0. The van der Waals surface area contributed by atoms with Gasteiger partial charge in [0.1, 0.15) is 0 Å². The molecule has 2 nitrogen and oxygen atoms in total. The molecule has 2 saturated carbocycles. The van der Waals surface area contributed by atoms with Gasteiger partial charge in [-0.25, -0.2) is 0 Å². The minimum atomic E-state index is 0.245. The van der Waals surface area contributed by atoms with E-state index in [0.717, 1.165) is 5.92 Å². The van der Waals surface area contributed by atoms with Gasteiger partial charge in [0.2, 0.25) is 0 Å². The third-order valence-corrected chi connectivity index (χ3v) is 3.07. The van der Waals surface area contributed by atoms with Gasteiger partial charge in [-0.15, -0.1) is 0 Å². The minimum Gasteiger partial charge on any atom is -0.381 e. The van der Waals surface area contributed by atoms with Crippen molar-refractivity contribution in [3.8, 4) is 0 Å². The molecule has 0 atom stereocenters. The Labute approximate surface area is 61.7 Å². The van der Waals surface area contributed by atoms with Gasteiger partial charge in [0.15, 0.2) is 0 Å². The normalized spacial score (nSPS) is 42.6. The lowest BCUT2D eigenvalue weighted by Crippen LogP contribution is -2.44. The summed E-state index contributed by atoms with van der Waals surface area (Å²) in [7, 11) is 1.79. The van der Waals surface area contributed by atoms with Gasteiger partial charge < -0.3 is 10.5 Å². The van der Waals surface area contributed by atoms with Crippen LogP contribution in [0.15, 0.2) is 0 Å². The Morgan fingerprint density at radius 2 is 2.00 bits per heavy atom. The Morgan fingerprint density at radius 3 is 2.40 bits per heavy atom. The third kappa shape index (κ3) is 0.867. The van der Waals surface area contributed by atoms with E-state index in [9.17, 15) is 0 Å². The van der Waals surface area contributed by atoms with Crippen LogP contribution in [0.4, 0.5) is 0 Å². The molecule has 0 aliphatic heterocycles. The second-order valence-corrected chi connectivity index (χ2v) is 3.76. The highest BCUT2D eigenvalue weighted by molar-refractivity contribution is 5.08. The van der Waals surface area contributed by atoms with Crippen molar-refractivity contribution in [2.45, 2.75) is 37.3 Å². The minimum absolute atomic E-state index is 0.245. The highest BCUT2D eigenvalue weighted by Gasteiger charge is 2.50. The van der Waals surface area contributed by atoms with Gasteiger partial charge in [-0.2, -0.15) is 0 Å². The van der Waals surface area contributed by atoms with Gasteiger partial charge in [0.25, 0.3) is 0 Å². The molecule has 0 unspecified atom stereocenters. The van der Waals surface area contributed by atoms with Crippen molar-refractivity contribution in [3.63, 3.8) is 0 Å². The molecule has 0 bridgehead atoms. The van der Waals surface area contributed by atoms with Crippen LogP contribution in [0.5, 0.6) is 0 Å². The summed E-state index contributed by atoms with van der Waals surface area (Å²) in [5.74, 6) is 0.775. The van der Waals surface area contributed by atoms with Crippen molar-refractivity contribution in [3.05, 3.63) is 0 Å².